The smallest absolute Gasteiger partial charge is 0.0831 e. The molecule has 0 aliphatic heterocycles. The highest BCUT2D eigenvalue weighted by atomic mass is 127. The summed E-state index contributed by atoms with van der Waals surface area (Å²) >= 11 is 9.14. The van der Waals surface area contributed by atoms with Crippen molar-refractivity contribution in [2.24, 2.45) is 0 Å². The Hall–Kier alpha value is 0.0900. The lowest BCUT2D eigenvalue weighted by Crippen LogP contribution is -2.02. The largest absolute Gasteiger partial charge is 0.388 e. The first-order valence-electron chi connectivity index (χ1n) is 5.43. The third-order valence-corrected chi connectivity index (χ3v) is 4.25. The van der Waals surface area contributed by atoms with Gasteiger partial charge in [0.1, 0.15) is 0 Å². The number of benzene rings is 2. The van der Waals surface area contributed by atoms with Gasteiger partial charge < -0.3 is 5.11 Å². The molecule has 0 aliphatic rings. The van der Waals surface area contributed by atoms with Gasteiger partial charge in [-0.15, -0.1) is 0 Å². The molecular formula is C14H11Br2IO. The van der Waals surface area contributed by atoms with Crippen LogP contribution in [-0.2, 0) is 6.42 Å². The Bertz CT molecular complexity index is 520. The molecule has 2 rings (SSSR count). The van der Waals surface area contributed by atoms with Crippen LogP contribution in [0.25, 0.3) is 0 Å². The van der Waals surface area contributed by atoms with E-state index >= 15 is 0 Å². The summed E-state index contributed by atoms with van der Waals surface area (Å²) < 4.78 is 3.14. The first kappa shape index (κ1) is 14.5. The van der Waals surface area contributed by atoms with Gasteiger partial charge in [-0.1, -0.05) is 44.0 Å². The van der Waals surface area contributed by atoms with Crippen molar-refractivity contribution >= 4 is 54.5 Å². The van der Waals surface area contributed by atoms with Crippen LogP contribution in [0.2, 0.25) is 0 Å². The highest BCUT2D eigenvalue weighted by molar-refractivity contribution is 14.1. The average molecular weight is 482 g/mol. The molecule has 0 radical (unpaired) electrons. The zero-order valence-electron chi connectivity index (χ0n) is 9.41. The minimum atomic E-state index is -0.487. The van der Waals surface area contributed by atoms with Crippen LogP contribution < -0.4 is 0 Å². The van der Waals surface area contributed by atoms with E-state index in [-0.39, 0.29) is 0 Å². The maximum Gasteiger partial charge on any atom is 0.0831 e. The van der Waals surface area contributed by atoms with Crippen molar-refractivity contribution in [3.63, 3.8) is 0 Å². The summed E-state index contributed by atoms with van der Waals surface area (Å²) in [5.41, 5.74) is 2.05. The fraction of sp³-hybridized carbons (Fsp3) is 0.143. The molecule has 1 N–H and O–H groups in total. The number of halogens is 3. The third kappa shape index (κ3) is 4.05. The number of aliphatic hydroxyl groups excluding tert-OH is 1. The molecule has 4 heteroatoms. The van der Waals surface area contributed by atoms with E-state index in [1.165, 1.54) is 3.57 Å². The van der Waals surface area contributed by atoms with Gasteiger partial charge in [0.25, 0.3) is 0 Å². The molecule has 1 atom stereocenters. The number of hydrogen-bond acceptors (Lipinski definition) is 1. The molecule has 94 valence electrons. The highest BCUT2D eigenvalue weighted by Gasteiger charge is 2.10. The van der Waals surface area contributed by atoms with Gasteiger partial charge in [0, 0.05) is 18.9 Å². The topological polar surface area (TPSA) is 20.2 Å². The van der Waals surface area contributed by atoms with Gasteiger partial charge in [-0.05, 0) is 64.0 Å². The van der Waals surface area contributed by atoms with Gasteiger partial charge in [-0.2, -0.15) is 0 Å². The molecule has 18 heavy (non-hydrogen) atoms. The molecule has 0 fully saturated rings. The van der Waals surface area contributed by atoms with Crippen LogP contribution >= 0.6 is 54.5 Å². The predicted molar refractivity (Wildman–Crippen MR) is 89.7 cm³/mol. The van der Waals surface area contributed by atoms with Crippen molar-refractivity contribution in [2.75, 3.05) is 0 Å². The molecule has 0 heterocycles. The van der Waals surface area contributed by atoms with Crippen LogP contribution in [0.3, 0.4) is 0 Å². The molecule has 1 nitrogen and oxygen atoms in total. The first-order valence-corrected chi connectivity index (χ1v) is 8.09. The van der Waals surface area contributed by atoms with E-state index in [2.05, 4.69) is 78.7 Å². The lowest BCUT2D eigenvalue weighted by atomic mass is 10.0. The van der Waals surface area contributed by atoms with Crippen molar-refractivity contribution in [2.45, 2.75) is 12.5 Å². The summed E-state index contributed by atoms with van der Waals surface area (Å²) in [7, 11) is 0. The number of hydrogen-bond donors (Lipinski definition) is 1. The third-order valence-electron chi connectivity index (χ3n) is 2.61. The Morgan fingerprint density at radius 2 is 1.56 bits per heavy atom. The van der Waals surface area contributed by atoms with Crippen LogP contribution in [0, 0.1) is 3.57 Å². The Morgan fingerprint density at radius 3 is 2.11 bits per heavy atom. The first-order chi connectivity index (χ1) is 8.54. The van der Waals surface area contributed by atoms with Crippen molar-refractivity contribution in [3.8, 4) is 0 Å². The Balaban J connectivity index is 2.16. The van der Waals surface area contributed by atoms with E-state index in [1.807, 2.05) is 18.2 Å². The van der Waals surface area contributed by atoms with Crippen LogP contribution in [0.1, 0.15) is 17.2 Å². The molecular weight excluding hydrogens is 471 g/mol. The quantitative estimate of drug-likeness (QED) is 0.605. The summed E-state index contributed by atoms with van der Waals surface area (Å²) in [6, 6.07) is 14.1. The zero-order chi connectivity index (χ0) is 13.1. The SMILES string of the molecule is OC(Cc1ccc(I)cc1)c1cc(Br)cc(Br)c1. The predicted octanol–water partition coefficient (Wildman–Crippen LogP) is 5.09. The van der Waals surface area contributed by atoms with Crippen LogP contribution in [-0.4, -0.2) is 5.11 Å². The molecule has 0 saturated carbocycles. The molecule has 0 aromatic heterocycles. The van der Waals surface area contributed by atoms with E-state index in [9.17, 15) is 5.11 Å². The number of rotatable bonds is 3. The van der Waals surface area contributed by atoms with Crippen LogP contribution in [0.5, 0.6) is 0 Å². The second-order valence-electron chi connectivity index (χ2n) is 4.05. The summed E-state index contributed by atoms with van der Waals surface area (Å²) in [5.74, 6) is 0. The van der Waals surface area contributed by atoms with Gasteiger partial charge in [0.2, 0.25) is 0 Å². The summed E-state index contributed by atoms with van der Waals surface area (Å²) in [6.07, 6.45) is 0.138. The lowest BCUT2D eigenvalue weighted by Gasteiger charge is -2.12. The minimum Gasteiger partial charge on any atom is -0.388 e. The lowest BCUT2D eigenvalue weighted by molar-refractivity contribution is 0.178. The van der Waals surface area contributed by atoms with E-state index in [1.54, 1.807) is 0 Å². The molecule has 2 aromatic rings. The fourth-order valence-electron chi connectivity index (χ4n) is 1.73. The van der Waals surface area contributed by atoms with Crippen LogP contribution in [0.15, 0.2) is 51.4 Å². The van der Waals surface area contributed by atoms with E-state index in [4.69, 9.17) is 0 Å². The fourth-order valence-corrected chi connectivity index (χ4v) is 3.42. The van der Waals surface area contributed by atoms with Crippen molar-refractivity contribution in [1.29, 1.82) is 0 Å². The Kier molecular flexibility index (Phi) is 5.24. The molecule has 0 amide bonds. The number of aliphatic hydroxyl groups is 1. The van der Waals surface area contributed by atoms with Crippen molar-refractivity contribution in [3.05, 3.63) is 66.1 Å². The average Bonchev–Trinajstić information content (AvgIpc) is 2.31. The molecule has 0 saturated heterocycles. The normalized spacial score (nSPS) is 12.4. The zero-order valence-corrected chi connectivity index (χ0v) is 14.7. The second kappa shape index (κ2) is 6.50. The maximum atomic E-state index is 10.2. The van der Waals surface area contributed by atoms with E-state index < -0.39 is 6.10 Å². The van der Waals surface area contributed by atoms with Gasteiger partial charge in [0.15, 0.2) is 0 Å². The Labute approximate surface area is 137 Å². The standard InChI is InChI=1S/C14H11Br2IO/c15-11-6-10(7-12(16)8-11)14(18)5-9-1-3-13(17)4-2-9/h1-4,6-8,14,18H,5H2. The molecule has 0 bridgehead atoms. The van der Waals surface area contributed by atoms with E-state index in [0.717, 1.165) is 20.1 Å². The van der Waals surface area contributed by atoms with Gasteiger partial charge >= 0.3 is 0 Å². The van der Waals surface area contributed by atoms with Gasteiger partial charge in [0.05, 0.1) is 6.10 Å². The summed E-state index contributed by atoms with van der Waals surface area (Å²) in [4.78, 5) is 0. The summed E-state index contributed by atoms with van der Waals surface area (Å²) in [6.45, 7) is 0. The monoisotopic (exact) mass is 480 g/mol. The van der Waals surface area contributed by atoms with E-state index in [0.29, 0.717) is 6.42 Å². The molecule has 0 spiro atoms. The molecule has 0 aliphatic carbocycles. The van der Waals surface area contributed by atoms with Crippen molar-refractivity contribution < 1.29 is 5.11 Å². The molecule has 1 unspecified atom stereocenters. The highest BCUT2D eigenvalue weighted by Crippen LogP contribution is 2.26. The van der Waals surface area contributed by atoms with Gasteiger partial charge in [-0.25, -0.2) is 0 Å². The maximum absolute atomic E-state index is 10.2. The second-order valence-corrected chi connectivity index (χ2v) is 7.13. The summed E-state index contributed by atoms with van der Waals surface area (Å²) in [5, 5.41) is 10.2. The Morgan fingerprint density at radius 1 is 1.00 bits per heavy atom. The van der Waals surface area contributed by atoms with Gasteiger partial charge in [-0.3, -0.25) is 0 Å². The van der Waals surface area contributed by atoms with Crippen LogP contribution in [0.4, 0.5) is 0 Å². The molecule has 2 aromatic carbocycles. The van der Waals surface area contributed by atoms with Crippen molar-refractivity contribution in [1.82, 2.24) is 0 Å². The minimum absolute atomic E-state index is 0.487.